The van der Waals surface area contributed by atoms with Crippen LogP contribution in [0.25, 0.3) is 0 Å². The maximum Gasteiger partial charge on any atom is 0.0271 e. The van der Waals surface area contributed by atoms with Crippen LogP contribution in [0.15, 0.2) is 0 Å². The highest BCUT2D eigenvalue weighted by atomic mass is 79.9. The number of rotatable bonds is 0. The van der Waals surface area contributed by atoms with Crippen molar-refractivity contribution in [3.8, 4) is 0 Å². The summed E-state index contributed by atoms with van der Waals surface area (Å²) in [7, 11) is 0. The van der Waals surface area contributed by atoms with E-state index in [0.29, 0.717) is 29.0 Å². The van der Waals surface area contributed by atoms with Crippen molar-refractivity contribution in [1.29, 1.82) is 0 Å². The molecule has 0 heterocycles. The maximum absolute atomic E-state index is 3.82. The molecule has 0 aromatic heterocycles. The van der Waals surface area contributed by atoms with Crippen LogP contribution in [0.2, 0.25) is 0 Å². The third-order valence-electron chi connectivity index (χ3n) is 3.33. The molecule has 0 amide bonds. The van der Waals surface area contributed by atoms with Crippen LogP contribution in [0.5, 0.6) is 0 Å². The van der Waals surface area contributed by atoms with Crippen LogP contribution in [0, 0.1) is 0 Å². The van der Waals surface area contributed by atoms with E-state index in [4.69, 9.17) is 0 Å². The van der Waals surface area contributed by atoms with E-state index >= 15 is 0 Å². The van der Waals surface area contributed by atoms with Gasteiger partial charge in [-0.3, -0.25) is 0 Å². The zero-order valence-corrected chi connectivity index (χ0v) is 19.5. The van der Waals surface area contributed by atoms with E-state index in [-0.39, 0.29) is 0 Å². The van der Waals surface area contributed by atoms with Crippen molar-refractivity contribution >= 4 is 95.6 Å². The molecule has 0 N–H and O–H groups in total. The second-order valence-corrected chi connectivity index (χ2v) is 11.9. The van der Waals surface area contributed by atoms with Gasteiger partial charge < -0.3 is 0 Å². The Morgan fingerprint density at radius 1 is 0.333 bits per heavy atom. The van der Waals surface area contributed by atoms with Gasteiger partial charge in [-0.1, -0.05) is 95.6 Å². The van der Waals surface area contributed by atoms with Crippen molar-refractivity contribution in [2.75, 3.05) is 0 Å². The molecule has 0 nitrogen and oxygen atoms in total. The SMILES string of the molecule is BrC1CC[C@@H](Br)[C@H](Br)CC[C@H](Br)[C@H](Br)CC[C@H]1Br. The fourth-order valence-corrected chi connectivity index (χ4v) is 5.21. The van der Waals surface area contributed by atoms with Crippen LogP contribution in [0.4, 0.5) is 0 Å². The monoisotopic (exact) mass is 636 g/mol. The van der Waals surface area contributed by atoms with E-state index in [1.165, 1.54) is 38.5 Å². The predicted octanol–water partition coefficient (Wildman–Crippen LogP) is 6.92. The smallest absolute Gasteiger partial charge is 0.0271 e. The van der Waals surface area contributed by atoms with Gasteiger partial charge in [-0.25, -0.2) is 0 Å². The highest BCUT2D eigenvalue weighted by Gasteiger charge is 2.25. The van der Waals surface area contributed by atoms with Gasteiger partial charge in [0.05, 0.1) is 0 Å². The minimum Gasteiger partial charge on any atom is -0.0879 e. The lowest BCUT2D eigenvalue weighted by Crippen LogP contribution is -2.25. The fourth-order valence-electron chi connectivity index (χ4n) is 2.04. The van der Waals surface area contributed by atoms with Gasteiger partial charge in [0, 0.05) is 29.0 Å². The molecule has 1 rings (SSSR count). The first-order chi connectivity index (χ1) is 8.41. The second kappa shape index (κ2) is 9.81. The minimum atomic E-state index is 0.560. The molecule has 1 fully saturated rings. The Kier molecular flexibility index (Phi) is 10.3. The number of hydrogen-bond acceptors (Lipinski definition) is 0. The molecule has 18 heavy (non-hydrogen) atoms. The lowest BCUT2D eigenvalue weighted by molar-refractivity contribution is 0.557. The molecule has 1 saturated carbocycles. The molecule has 1 unspecified atom stereocenters. The summed E-state index contributed by atoms with van der Waals surface area (Å²) in [5, 5.41) is 0. The summed E-state index contributed by atoms with van der Waals surface area (Å²) < 4.78 is 0. The van der Waals surface area contributed by atoms with E-state index in [1.54, 1.807) is 0 Å². The van der Waals surface area contributed by atoms with Crippen molar-refractivity contribution < 1.29 is 0 Å². The largest absolute Gasteiger partial charge is 0.0879 e. The van der Waals surface area contributed by atoms with Gasteiger partial charge in [-0.05, 0) is 38.5 Å². The molecule has 0 aromatic rings. The van der Waals surface area contributed by atoms with Crippen LogP contribution in [0.1, 0.15) is 38.5 Å². The second-order valence-electron chi connectivity index (χ2n) is 4.83. The van der Waals surface area contributed by atoms with Gasteiger partial charge in [-0.2, -0.15) is 0 Å². The summed E-state index contributed by atoms with van der Waals surface area (Å²) in [4.78, 5) is 3.36. The first kappa shape index (κ1) is 18.9. The Morgan fingerprint density at radius 2 is 0.444 bits per heavy atom. The van der Waals surface area contributed by atoms with Gasteiger partial charge in [0.15, 0.2) is 0 Å². The summed E-state index contributed by atoms with van der Waals surface area (Å²) >= 11 is 22.9. The molecular weight excluding hydrogens is 624 g/mol. The van der Waals surface area contributed by atoms with E-state index in [1.807, 2.05) is 0 Å². The molecule has 1 aliphatic rings. The Balaban J connectivity index is 2.61. The van der Waals surface area contributed by atoms with Crippen molar-refractivity contribution in [3.05, 3.63) is 0 Å². The van der Waals surface area contributed by atoms with Gasteiger partial charge in [0.2, 0.25) is 0 Å². The Bertz CT molecular complexity index is 175. The summed E-state index contributed by atoms with van der Waals surface area (Å²) in [6.07, 6.45) is 7.24. The standard InChI is InChI=1S/C12H18Br6/c13-7-1-2-8(14)10(16)5-6-12(18)11(17)4-3-9(7)15/h7-12H,1-6H2/t7-,8-,9+,10?,11-,12-/m1/s1. The molecule has 0 radical (unpaired) electrons. The normalized spacial score (nSPS) is 45.0. The third-order valence-corrected chi connectivity index (χ3v) is 12.0. The lowest BCUT2D eigenvalue weighted by atomic mass is 10.0. The molecule has 0 bridgehead atoms. The first-order valence-electron chi connectivity index (χ1n) is 6.26. The topological polar surface area (TPSA) is 0 Å². The molecule has 0 aliphatic heterocycles. The number of hydrogen-bond donors (Lipinski definition) is 0. The number of halogens is 6. The van der Waals surface area contributed by atoms with E-state index in [0.717, 1.165) is 0 Å². The Morgan fingerprint density at radius 3 is 0.556 bits per heavy atom. The molecule has 0 spiro atoms. The quantitative estimate of drug-likeness (QED) is 0.252. The van der Waals surface area contributed by atoms with E-state index in [2.05, 4.69) is 95.6 Å². The molecule has 6 atom stereocenters. The van der Waals surface area contributed by atoms with E-state index in [9.17, 15) is 0 Å². The van der Waals surface area contributed by atoms with Crippen molar-refractivity contribution in [3.63, 3.8) is 0 Å². The highest BCUT2D eigenvalue weighted by molar-refractivity contribution is 9.13. The van der Waals surface area contributed by atoms with E-state index < -0.39 is 0 Å². The summed E-state index contributed by atoms with van der Waals surface area (Å²) in [6.45, 7) is 0. The van der Waals surface area contributed by atoms with Crippen LogP contribution >= 0.6 is 95.6 Å². The first-order valence-corrected chi connectivity index (χ1v) is 11.8. The highest BCUT2D eigenvalue weighted by Crippen LogP contribution is 2.34. The zero-order chi connectivity index (χ0) is 13.7. The Hall–Kier alpha value is 2.88. The molecule has 0 saturated heterocycles. The van der Waals surface area contributed by atoms with Crippen LogP contribution < -0.4 is 0 Å². The fraction of sp³-hybridized carbons (Fsp3) is 1.00. The summed E-state index contributed by atoms with van der Waals surface area (Å²) in [5.74, 6) is 0. The maximum atomic E-state index is 3.82. The molecule has 108 valence electrons. The Labute approximate surface area is 161 Å². The average Bonchev–Trinajstić information content (AvgIpc) is 2.36. The lowest BCUT2D eigenvalue weighted by Gasteiger charge is -2.25. The van der Waals surface area contributed by atoms with Crippen molar-refractivity contribution in [2.24, 2.45) is 0 Å². The summed E-state index contributed by atoms with van der Waals surface area (Å²) in [5.41, 5.74) is 0. The predicted molar refractivity (Wildman–Crippen MR) is 104 cm³/mol. The zero-order valence-electron chi connectivity index (χ0n) is 9.97. The van der Waals surface area contributed by atoms with Gasteiger partial charge in [0.1, 0.15) is 0 Å². The van der Waals surface area contributed by atoms with Crippen LogP contribution in [-0.4, -0.2) is 29.0 Å². The summed E-state index contributed by atoms with van der Waals surface area (Å²) in [6, 6.07) is 0. The van der Waals surface area contributed by atoms with Crippen molar-refractivity contribution in [1.82, 2.24) is 0 Å². The van der Waals surface area contributed by atoms with Crippen LogP contribution in [-0.2, 0) is 0 Å². The molecule has 0 aromatic carbocycles. The minimum absolute atomic E-state index is 0.560. The van der Waals surface area contributed by atoms with Crippen molar-refractivity contribution in [2.45, 2.75) is 67.5 Å². The third kappa shape index (κ3) is 6.76. The van der Waals surface area contributed by atoms with Gasteiger partial charge >= 0.3 is 0 Å². The molecular formula is C12H18Br6. The molecule has 6 heteroatoms. The van der Waals surface area contributed by atoms with Gasteiger partial charge in [0.25, 0.3) is 0 Å². The number of alkyl halides is 6. The van der Waals surface area contributed by atoms with Crippen LogP contribution in [0.3, 0.4) is 0 Å². The molecule has 1 aliphatic carbocycles. The average molecular weight is 642 g/mol. The van der Waals surface area contributed by atoms with Gasteiger partial charge in [-0.15, -0.1) is 0 Å².